The molecule has 0 fully saturated rings. The summed E-state index contributed by atoms with van der Waals surface area (Å²) in [5, 5.41) is 19.9. The molecule has 12 heteroatoms. The number of hydrogen-bond acceptors (Lipinski definition) is 8. The van der Waals surface area contributed by atoms with Crippen molar-refractivity contribution >= 4 is 29.2 Å². The fourth-order valence-corrected chi connectivity index (χ4v) is 5.47. The molecule has 0 aliphatic carbocycles. The van der Waals surface area contributed by atoms with Crippen LogP contribution in [0.5, 0.6) is 5.75 Å². The number of amides is 4. The van der Waals surface area contributed by atoms with Crippen molar-refractivity contribution in [1.29, 1.82) is 0 Å². The maximum atomic E-state index is 14.3. The minimum Gasteiger partial charge on any atom is -0.490 e. The standard InChI is InChI=1S/C35H47N5O7/c1-22-19-40(23(2)21-41)34(43)29-18-28(36-33(42)27-13-8-7-9-14-27)15-16-30(29)46-24(3)12-10-11-17-45-31(22)20-39(6)35(44)37-32-25(4)38-47-26(32)5/h7-9,13-16,18,22-24,31,41H,10-12,17,19-21H2,1-6H3,(H,36,42)(H,37,44)/t22-,23+,24+,31+/m1/s1. The fraction of sp³-hybridized carbons (Fsp3) is 0.486. The number of aromatic nitrogens is 1. The lowest BCUT2D eigenvalue weighted by molar-refractivity contribution is -0.0115. The van der Waals surface area contributed by atoms with E-state index in [1.54, 1.807) is 80.1 Å². The number of hydrogen-bond donors (Lipinski definition) is 3. The number of aliphatic hydroxyl groups excluding tert-OH is 1. The van der Waals surface area contributed by atoms with Crippen LogP contribution >= 0.6 is 0 Å². The van der Waals surface area contributed by atoms with Crippen molar-refractivity contribution in [1.82, 2.24) is 15.0 Å². The first-order chi connectivity index (χ1) is 22.5. The molecule has 4 atom stereocenters. The first-order valence-electron chi connectivity index (χ1n) is 16.1. The van der Waals surface area contributed by atoms with Gasteiger partial charge < -0.3 is 39.5 Å². The number of fused-ring (bicyclic) bond motifs is 1. The Kier molecular flexibility index (Phi) is 12.4. The number of anilines is 2. The van der Waals surface area contributed by atoms with Crippen LogP contribution in [0.1, 0.15) is 72.2 Å². The van der Waals surface area contributed by atoms with E-state index in [2.05, 4.69) is 15.8 Å². The highest BCUT2D eigenvalue weighted by Crippen LogP contribution is 2.29. The predicted octanol–water partition coefficient (Wildman–Crippen LogP) is 5.50. The van der Waals surface area contributed by atoms with Crippen LogP contribution in [0.2, 0.25) is 0 Å². The molecular formula is C35H47N5O7. The summed E-state index contributed by atoms with van der Waals surface area (Å²) in [4.78, 5) is 43.6. The van der Waals surface area contributed by atoms with Gasteiger partial charge in [0.2, 0.25) is 0 Å². The Morgan fingerprint density at radius 2 is 1.85 bits per heavy atom. The molecule has 12 nitrogen and oxygen atoms in total. The highest BCUT2D eigenvalue weighted by atomic mass is 16.5. The Bertz CT molecular complexity index is 1490. The largest absolute Gasteiger partial charge is 0.490 e. The molecule has 254 valence electrons. The summed E-state index contributed by atoms with van der Waals surface area (Å²) >= 11 is 0. The van der Waals surface area contributed by atoms with Gasteiger partial charge in [0.15, 0.2) is 5.76 Å². The molecule has 3 N–H and O–H groups in total. The zero-order valence-corrected chi connectivity index (χ0v) is 28.1. The van der Waals surface area contributed by atoms with Gasteiger partial charge in [-0.3, -0.25) is 9.59 Å². The number of carbonyl (C=O) groups excluding carboxylic acids is 3. The van der Waals surface area contributed by atoms with E-state index in [1.165, 1.54) is 0 Å². The molecule has 0 radical (unpaired) electrons. The number of aliphatic hydroxyl groups is 1. The highest BCUT2D eigenvalue weighted by molar-refractivity contribution is 6.05. The number of nitrogens with one attached hydrogen (secondary N) is 2. The number of carbonyl (C=O) groups is 3. The van der Waals surface area contributed by atoms with E-state index >= 15 is 0 Å². The van der Waals surface area contributed by atoms with Crippen molar-refractivity contribution in [3.05, 3.63) is 71.1 Å². The Morgan fingerprint density at radius 3 is 2.53 bits per heavy atom. The normalized spacial score (nSPS) is 19.9. The van der Waals surface area contributed by atoms with Gasteiger partial charge in [0.25, 0.3) is 11.8 Å². The van der Waals surface area contributed by atoms with E-state index in [0.29, 0.717) is 40.7 Å². The molecule has 1 aliphatic heterocycles. The molecule has 2 heterocycles. The molecule has 1 aliphatic rings. The average molecular weight is 650 g/mol. The van der Waals surface area contributed by atoms with Gasteiger partial charge in [-0.05, 0) is 77.3 Å². The van der Waals surface area contributed by atoms with Gasteiger partial charge in [-0.25, -0.2) is 4.79 Å². The van der Waals surface area contributed by atoms with E-state index in [1.807, 2.05) is 19.9 Å². The second-order valence-corrected chi connectivity index (χ2v) is 12.3. The molecule has 3 aromatic rings. The van der Waals surface area contributed by atoms with Crippen molar-refractivity contribution < 1.29 is 33.5 Å². The van der Waals surface area contributed by atoms with Crippen molar-refractivity contribution in [3.8, 4) is 5.75 Å². The first-order valence-corrected chi connectivity index (χ1v) is 16.1. The minimum absolute atomic E-state index is 0.188. The SMILES string of the molecule is Cc1noc(C)c1NC(=O)N(C)C[C@@H]1OCCCC[C@H](C)Oc2ccc(NC(=O)c3ccccc3)cc2C(=O)N([C@@H](C)CO)C[C@H]1C. The van der Waals surface area contributed by atoms with Crippen LogP contribution in [0, 0.1) is 19.8 Å². The van der Waals surface area contributed by atoms with Crippen LogP contribution in [0.15, 0.2) is 53.1 Å². The Morgan fingerprint density at radius 1 is 1.11 bits per heavy atom. The van der Waals surface area contributed by atoms with Crippen LogP contribution in [-0.4, -0.2) is 89.5 Å². The smallest absolute Gasteiger partial charge is 0.321 e. The van der Waals surface area contributed by atoms with Crippen LogP contribution in [0.25, 0.3) is 0 Å². The molecule has 0 spiro atoms. The Balaban J connectivity index is 1.60. The summed E-state index contributed by atoms with van der Waals surface area (Å²) in [6.45, 7) is 9.90. The third-order valence-electron chi connectivity index (χ3n) is 8.41. The number of aryl methyl sites for hydroxylation is 2. The van der Waals surface area contributed by atoms with Gasteiger partial charge in [-0.1, -0.05) is 30.3 Å². The van der Waals surface area contributed by atoms with E-state index in [0.717, 1.165) is 19.3 Å². The molecule has 4 rings (SSSR count). The van der Waals surface area contributed by atoms with E-state index < -0.39 is 12.1 Å². The lowest BCUT2D eigenvalue weighted by atomic mass is 10.0. The summed E-state index contributed by atoms with van der Waals surface area (Å²) < 4.78 is 17.8. The zero-order chi connectivity index (χ0) is 34.1. The van der Waals surface area contributed by atoms with Gasteiger partial charge in [-0.15, -0.1) is 0 Å². The number of likely N-dealkylation sites (N-methyl/N-ethyl adjacent to an activating group) is 1. The minimum atomic E-state index is -0.535. The lowest BCUT2D eigenvalue weighted by Gasteiger charge is -2.35. The second kappa shape index (κ2) is 16.4. The molecule has 47 heavy (non-hydrogen) atoms. The van der Waals surface area contributed by atoms with Crippen molar-refractivity contribution in [3.63, 3.8) is 0 Å². The van der Waals surface area contributed by atoms with Crippen LogP contribution in [0.4, 0.5) is 16.2 Å². The summed E-state index contributed by atoms with van der Waals surface area (Å²) in [5.74, 6) is 0.0416. The maximum absolute atomic E-state index is 14.3. The molecule has 0 bridgehead atoms. The van der Waals surface area contributed by atoms with E-state index in [9.17, 15) is 19.5 Å². The lowest BCUT2D eigenvalue weighted by Crippen LogP contribution is -2.48. The average Bonchev–Trinajstić information content (AvgIpc) is 3.38. The topological polar surface area (TPSA) is 146 Å². The predicted molar refractivity (Wildman–Crippen MR) is 179 cm³/mol. The number of nitrogens with zero attached hydrogens (tertiary/aromatic N) is 3. The number of urea groups is 1. The fourth-order valence-electron chi connectivity index (χ4n) is 5.47. The monoisotopic (exact) mass is 649 g/mol. The summed E-state index contributed by atoms with van der Waals surface area (Å²) in [5.41, 5.74) is 2.33. The Hall–Kier alpha value is -4.42. The van der Waals surface area contributed by atoms with Gasteiger partial charge in [0.1, 0.15) is 17.1 Å². The van der Waals surface area contributed by atoms with Crippen molar-refractivity contribution in [2.45, 2.75) is 72.1 Å². The number of rotatable bonds is 7. The van der Waals surface area contributed by atoms with Gasteiger partial charge in [-0.2, -0.15) is 0 Å². The number of ether oxygens (including phenoxy) is 2. The molecule has 0 unspecified atom stereocenters. The molecule has 0 saturated carbocycles. The van der Waals surface area contributed by atoms with Gasteiger partial charge >= 0.3 is 6.03 Å². The van der Waals surface area contributed by atoms with Crippen LogP contribution < -0.4 is 15.4 Å². The van der Waals surface area contributed by atoms with Crippen LogP contribution in [-0.2, 0) is 4.74 Å². The maximum Gasteiger partial charge on any atom is 0.321 e. The quantitative estimate of drug-likeness (QED) is 0.304. The van der Waals surface area contributed by atoms with Gasteiger partial charge in [0, 0.05) is 43.9 Å². The zero-order valence-electron chi connectivity index (χ0n) is 28.1. The summed E-state index contributed by atoms with van der Waals surface area (Å²) in [7, 11) is 1.69. The second-order valence-electron chi connectivity index (χ2n) is 12.3. The third kappa shape index (κ3) is 9.32. The van der Waals surface area contributed by atoms with Crippen molar-refractivity contribution in [2.75, 3.05) is 44.0 Å². The molecule has 1 aromatic heterocycles. The van der Waals surface area contributed by atoms with Gasteiger partial charge in [0.05, 0.1) is 30.4 Å². The summed E-state index contributed by atoms with van der Waals surface area (Å²) in [6, 6.07) is 13.0. The first kappa shape index (κ1) is 35.4. The van der Waals surface area contributed by atoms with Crippen LogP contribution in [0.3, 0.4) is 0 Å². The molecular weight excluding hydrogens is 602 g/mol. The molecule has 0 saturated heterocycles. The molecule has 2 aromatic carbocycles. The van der Waals surface area contributed by atoms with E-state index in [-0.39, 0.29) is 55.1 Å². The van der Waals surface area contributed by atoms with E-state index in [4.69, 9.17) is 14.0 Å². The molecule has 4 amide bonds. The Labute approximate surface area is 276 Å². The summed E-state index contributed by atoms with van der Waals surface area (Å²) in [6.07, 6.45) is 1.77. The van der Waals surface area contributed by atoms with Crippen molar-refractivity contribution in [2.24, 2.45) is 5.92 Å². The third-order valence-corrected chi connectivity index (χ3v) is 8.41. The number of benzene rings is 2. The highest BCUT2D eigenvalue weighted by Gasteiger charge is 2.31.